The quantitative estimate of drug-likeness (QED) is 0.743. The third kappa shape index (κ3) is 4.94. The number of nitrogens with one attached hydrogen (secondary N) is 1. The van der Waals surface area contributed by atoms with Crippen LogP contribution in [0.3, 0.4) is 0 Å². The van der Waals surface area contributed by atoms with Crippen LogP contribution >= 0.6 is 0 Å². The highest BCUT2D eigenvalue weighted by Crippen LogP contribution is 2.27. The molecule has 2 atom stereocenters. The summed E-state index contributed by atoms with van der Waals surface area (Å²) in [6.07, 6.45) is 8.63. The van der Waals surface area contributed by atoms with Crippen LogP contribution in [0.5, 0.6) is 0 Å². The highest BCUT2D eigenvalue weighted by atomic mass is 15.3. The third-order valence-electron chi connectivity index (χ3n) is 5.72. The van der Waals surface area contributed by atoms with Crippen LogP contribution in [0.2, 0.25) is 0 Å². The molecule has 3 nitrogen and oxygen atoms in total. The summed E-state index contributed by atoms with van der Waals surface area (Å²) in [5.74, 6) is 0.922. The molecule has 2 rings (SSSR count). The molecule has 1 aliphatic carbocycles. The molecule has 1 heterocycles. The first-order chi connectivity index (χ1) is 10.3. The minimum absolute atomic E-state index is 0.728. The maximum atomic E-state index is 3.80. The summed E-state index contributed by atoms with van der Waals surface area (Å²) in [5, 5.41) is 3.80. The molecule has 124 valence electrons. The van der Waals surface area contributed by atoms with Crippen molar-refractivity contribution in [1.29, 1.82) is 0 Å². The average molecular weight is 296 g/mol. The van der Waals surface area contributed by atoms with Gasteiger partial charge in [-0.05, 0) is 51.4 Å². The van der Waals surface area contributed by atoms with Crippen LogP contribution in [-0.4, -0.2) is 61.2 Å². The summed E-state index contributed by atoms with van der Waals surface area (Å²) in [6.45, 7) is 14.3. The summed E-state index contributed by atoms with van der Waals surface area (Å²) in [4.78, 5) is 5.37. The SMILES string of the molecule is CCNC(CN1CCC(N(CC)CC)C1)C1CCCCC1. The Morgan fingerprint density at radius 2 is 1.76 bits per heavy atom. The minimum atomic E-state index is 0.728. The van der Waals surface area contributed by atoms with Gasteiger partial charge in [-0.2, -0.15) is 0 Å². The zero-order chi connectivity index (χ0) is 15.1. The van der Waals surface area contributed by atoms with E-state index in [2.05, 4.69) is 35.9 Å². The van der Waals surface area contributed by atoms with E-state index < -0.39 is 0 Å². The smallest absolute Gasteiger partial charge is 0.0235 e. The van der Waals surface area contributed by atoms with E-state index in [1.54, 1.807) is 0 Å². The van der Waals surface area contributed by atoms with E-state index in [1.165, 1.54) is 71.2 Å². The van der Waals surface area contributed by atoms with Crippen LogP contribution in [0.4, 0.5) is 0 Å². The lowest BCUT2D eigenvalue weighted by Gasteiger charge is -2.34. The van der Waals surface area contributed by atoms with Gasteiger partial charge < -0.3 is 10.2 Å². The Bertz CT molecular complexity index is 272. The Hall–Kier alpha value is -0.120. The van der Waals surface area contributed by atoms with Gasteiger partial charge in [0.1, 0.15) is 0 Å². The molecule has 2 fully saturated rings. The van der Waals surface area contributed by atoms with Crippen LogP contribution in [0, 0.1) is 5.92 Å². The highest BCUT2D eigenvalue weighted by molar-refractivity contribution is 4.88. The first kappa shape index (κ1) is 17.2. The van der Waals surface area contributed by atoms with Gasteiger partial charge in [0.25, 0.3) is 0 Å². The Kier molecular flexibility index (Phi) is 7.48. The van der Waals surface area contributed by atoms with Crippen molar-refractivity contribution in [3.8, 4) is 0 Å². The lowest BCUT2D eigenvalue weighted by Crippen LogP contribution is -2.46. The van der Waals surface area contributed by atoms with E-state index in [-0.39, 0.29) is 0 Å². The van der Waals surface area contributed by atoms with Crippen molar-refractivity contribution >= 4 is 0 Å². The molecule has 0 amide bonds. The van der Waals surface area contributed by atoms with Crippen molar-refractivity contribution < 1.29 is 0 Å². The molecule has 1 saturated heterocycles. The maximum Gasteiger partial charge on any atom is 0.0235 e. The summed E-state index contributed by atoms with van der Waals surface area (Å²) in [5.41, 5.74) is 0. The average Bonchev–Trinajstić information content (AvgIpc) is 2.97. The molecular formula is C18H37N3. The molecule has 0 aromatic heterocycles. The normalized spacial score (nSPS) is 26.6. The molecule has 0 aromatic carbocycles. The first-order valence-electron chi connectivity index (χ1n) is 9.48. The number of rotatable bonds is 8. The Balaban J connectivity index is 1.83. The standard InChI is InChI=1S/C18H37N3/c1-4-19-18(16-10-8-7-9-11-16)15-20-13-12-17(14-20)21(5-2)6-3/h16-19H,4-15H2,1-3H3. The van der Waals surface area contributed by atoms with E-state index in [0.29, 0.717) is 0 Å². The Morgan fingerprint density at radius 1 is 1.05 bits per heavy atom. The van der Waals surface area contributed by atoms with Gasteiger partial charge >= 0.3 is 0 Å². The molecule has 2 unspecified atom stereocenters. The first-order valence-corrected chi connectivity index (χ1v) is 9.48. The predicted molar refractivity (Wildman–Crippen MR) is 91.8 cm³/mol. The second-order valence-electron chi connectivity index (χ2n) is 6.99. The van der Waals surface area contributed by atoms with E-state index in [4.69, 9.17) is 0 Å². The van der Waals surface area contributed by atoms with Crippen molar-refractivity contribution in [2.45, 2.75) is 71.4 Å². The summed E-state index contributed by atoms with van der Waals surface area (Å²) in [6, 6.07) is 1.53. The Labute approximate surface area is 132 Å². The number of likely N-dealkylation sites (N-methyl/N-ethyl adjacent to an activating group) is 2. The maximum absolute atomic E-state index is 3.80. The monoisotopic (exact) mass is 295 g/mol. The van der Waals surface area contributed by atoms with Gasteiger partial charge in [0.2, 0.25) is 0 Å². The molecule has 0 spiro atoms. The molecule has 1 aliphatic heterocycles. The van der Waals surface area contributed by atoms with E-state index in [1.807, 2.05) is 0 Å². The number of hydrogen-bond acceptors (Lipinski definition) is 3. The topological polar surface area (TPSA) is 18.5 Å². The predicted octanol–water partition coefficient (Wildman–Crippen LogP) is 2.96. The lowest BCUT2D eigenvalue weighted by atomic mass is 9.83. The van der Waals surface area contributed by atoms with E-state index in [0.717, 1.165) is 24.5 Å². The van der Waals surface area contributed by atoms with Gasteiger partial charge in [0.15, 0.2) is 0 Å². The fourth-order valence-corrected chi connectivity index (χ4v) is 4.47. The summed E-state index contributed by atoms with van der Waals surface area (Å²) >= 11 is 0. The van der Waals surface area contributed by atoms with Crippen molar-refractivity contribution in [3.05, 3.63) is 0 Å². The summed E-state index contributed by atoms with van der Waals surface area (Å²) in [7, 11) is 0. The minimum Gasteiger partial charge on any atom is -0.313 e. The van der Waals surface area contributed by atoms with Crippen LogP contribution in [-0.2, 0) is 0 Å². The fourth-order valence-electron chi connectivity index (χ4n) is 4.47. The molecule has 0 radical (unpaired) electrons. The van der Waals surface area contributed by atoms with Crippen LogP contribution < -0.4 is 5.32 Å². The van der Waals surface area contributed by atoms with E-state index >= 15 is 0 Å². The fraction of sp³-hybridized carbons (Fsp3) is 1.00. The number of nitrogens with zero attached hydrogens (tertiary/aromatic N) is 2. The lowest BCUT2D eigenvalue weighted by molar-refractivity contribution is 0.182. The second-order valence-corrected chi connectivity index (χ2v) is 6.99. The second kappa shape index (κ2) is 9.12. The third-order valence-corrected chi connectivity index (χ3v) is 5.72. The van der Waals surface area contributed by atoms with Crippen LogP contribution in [0.25, 0.3) is 0 Å². The highest BCUT2D eigenvalue weighted by Gasteiger charge is 2.30. The molecule has 21 heavy (non-hydrogen) atoms. The van der Waals surface area contributed by atoms with Gasteiger partial charge in [0.05, 0.1) is 0 Å². The molecule has 2 aliphatic rings. The van der Waals surface area contributed by atoms with E-state index in [9.17, 15) is 0 Å². The van der Waals surface area contributed by atoms with Crippen molar-refractivity contribution in [3.63, 3.8) is 0 Å². The van der Waals surface area contributed by atoms with Crippen LogP contribution in [0.1, 0.15) is 59.3 Å². The van der Waals surface area contributed by atoms with Gasteiger partial charge in [0, 0.05) is 25.2 Å². The van der Waals surface area contributed by atoms with Crippen LogP contribution in [0.15, 0.2) is 0 Å². The largest absolute Gasteiger partial charge is 0.313 e. The van der Waals surface area contributed by atoms with Crippen molar-refractivity contribution in [2.24, 2.45) is 5.92 Å². The van der Waals surface area contributed by atoms with Crippen molar-refractivity contribution in [1.82, 2.24) is 15.1 Å². The van der Waals surface area contributed by atoms with Gasteiger partial charge in [-0.15, -0.1) is 0 Å². The molecule has 1 saturated carbocycles. The molecule has 3 heteroatoms. The van der Waals surface area contributed by atoms with Gasteiger partial charge in [-0.1, -0.05) is 40.0 Å². The molecule has 0 bridgehead atoms. The molecule has 1 N–H and O–H groups in total. The van der Waals surface area contributed by atoms with Crippen molar-refractivity contribution in [2.75, 3.05) is 39.3 Å². The molecular weight excluding hydrogens is 258 g/mol. The Morgan fingerprint density at radius 3 is 2.38 bits per heavy atom. The van der Waals surface area contributed by atoms with Gasteiger partial charge in [-0.25, -0.2) is 0 Å². The number of hydrogen-bond donors (Lipinski definition) is 1. The molecule has 0 aromatic rings. The zero-order valence-electron chi connectivity index (χ0n) is 14.6. The summed E-state index contributed by atoms with van der Waals surface area (Å²) < 4.78 is 0. The van der Waals surface area contributed by atoms with Gasteiger partial charge in [-0.3, -0.25) is 4.90 Å². The number of likely N-dealkylation sites (tertiary alicyclic amines) is 1. The zero-order valence-corrected chi connectivity index (χ0v) is 14.6.